The summed E-state index contributed by atoms with van der Waals surface area (Å²) in [6, 6.07) is 16.1. The molecule has 0 aliphatic heterocycles. The molecule has 0 saturated heterocycles. The molecule has 0 radical (unpaired) electrons. The molecule has 0 unspecified atom stereocenters. The monoisotopic (exact) mass is 366 g/mol. The molecule has 2 aromatic heterocycles. The summed E-state index contributed by atoms with van der Waals surface area (Å²) >= 11 is 1.32. The zero-order valence-corrected chi connectivity index (χ0v) is 14.8. The van der Waals surface area contributed by atoms with Crippen molar-refractivity contribution in [3.8, 4) is 5.13 Å². The predicted molar refractivity (Wildman–Crippen MR) is 100 cm³/mol. The molecular weight excluding hydrogens is 351 g/mol. The molecule has 0 spiro atoms. The van der Waals surface area contributed by atoms with E-state index in [1.807, 2.05) is 43.3 Å². The highest BCUT2D eigenvalue weighted by Crippen LogP contribution is 2.28. The van der Waals surface area contributed by atoms with Crippen LogP contribution in [-0.2, 0) is 11.2 Å². The van der Waals surface area contributed by atoms with Crippen molar-refractivity contribution in [1.82, 2.24) is 14.8 Å². The van der Waals surface area contributed by atoms with Crippen molar-refractivity contribution in [3.05, 3.63) is 71.7 Å². The van der Waals surface area contributed by atoms with Crippen LogP contribution in [0.25, 0.3) is 15.3 Å². The van der Waals surface area contributed by atoms with Crippen molar-refractivity contribution in [2.45, 2.75) is 13.3 Å². The lowest BCUT2D eigenvalue weighted by Gasteiger charge is -2.06. The fourth-order valence-electron chi connectivity index (χ4n) is 2.70. The number of nitrogens with one attached hydrogen (secondary N) is 1. The lowest BCUT2D eigenvalue weighted by molar-refractivity contribution is -0.115. The fraction of sp³-hybridized carbons (Fsp3) is 0.105. The topological polar surface area (TPSA) is 59.8 Å². The molecule has 7 heteroatoms. The number of thiazole rings is 1. The summed E-state index contributed by atoms with van der Waals surface area (Å²) in [5, 5.41) is 7.77. The number of anilines is 1. The van der Waals surface area contributed by atoms with Crippen LogP contribution in [0.1, 0.15) is 11.3 Å². The average molecular weight is 366 g/mol. The van der Waals surface area contributed by atoms with Crippen LogP contribution < -0.4 is 5.32 Å². The Kier molecular flexibility index (Phi) is 4.22. The lowest BCUT2D eigenvalue weighted by Crippen LogP contribution is -2.17. The highest BCUT2D eigenvalue weighted by molar-refractivity contribution is 7.20. The summed E-state index contributed by atoms with van der Waals surface area (Å²) in [6.07, 6.45) is 0.263. The lowest BCUT2D eigenvalue weighted by atomic mass is 10.1. The second kappa shape index (κ2) is 6.68. The van der Waals surface area contributed by atoms with Gasteiger partial charge in [0.1, 0.15) is 17.2 Å². The number of para-hydroxylation sites is 1. The first-order chi connectivity index (χ1) is 12.6. The number of nitrogens with zero attached hydrogens (tertiary/aromatic N) is 3. The van der Waals surface area contributed by atoms with E-state index < -0.39 is 0 Å². The number of carbonyl (C=O) groups is 1. The van der Waals surface area contributed by atoms with E-state index in [0.717, 1.165) is 16.0 Å². The summed E-state index contributed by atoms with van der Waals surface area (Å²) < 4.78 is 16.2. The molecule has 4 rings (SSSR count). The number of amides is 1. The standard InChI is InChI=1S/C19H15FN4OS/c1-12-10-16(21-17(25)11-13-6-3-2-4-7-13)24(23-12)19-22-18-14(20)8-5-9-15(18)26-19/h2-10H,11H2,1H3,(H,21,25). The molecule has 130 valence electrons. The number of aryl methyl sites for hydroxylation is 1. The number of hydrogen-bond acceptors (Lipinski definition) is 4. The van der Waals surface area contributed by atoms with Crippen molar-refractivity contribution in [2.75, 3.05) is 5.32 Å². The molecular formula is C19H15FN4OS. The van der Waals surface area contributed by atoms with Crippen LogP contribution in [0.3, 0.4) is 0 Å². The Balaban J connectivity index is 1.64. The maximum atomic E-state index is 13.9. The zero-order chi connectivity index (χ0) is 18.1. The Morgan fingerprint density at radius 3 is 2.77 bits per heavy atom. The quantitative estimate of drug-likeness (QED) is 0.591. The number of fused-ring (bicyclic) bond motifs is 1. The van der Waals surface area contributed by atoms with Gasteiger partial charge in [-0.15, -0.1) is 0 Å². The van der Waals surface area contributed by atoms with Crippen molar-refractivity contribution in [2.24, 2.45) is 0 Å². The number of halogens is 1. The maximum Gasteiger partial charge on any atom is 0.229 e. The van der Waals surface area contributed by atoms with E-state index in [0.29, 0.717) is 16.5 Å². The Morgan fingerprint density at radius 2 is 2.00 bits per heavy atom. The van der Waals surface area contributed by atoms with Crippen molar-refractivity contribution >= 4 is 33.3 Å². The molecule has 5 nitrogen and oxygen atoms in total. The van der Waals surface area contributed by atoms with Crippen LogP contribution in [0.2, 0.25) is 0 Å². The highest BCUT2D eigenvalue weighted by atomic mass is 32.1. The molecule has 0 bridgehead atoms. The van der Waals surface area contributed by atoms with E-state index in [1.165, 1.54) is 17.4 Å². The predicted octanol–water partition coefficient (Wildman–Crippen LogP) is 4.11. The smallest absolute Gasteiger partial charge is 0.229 e. The van der Waals surface area contributed by atoms with Gasteiger partial charge in [-0.25, -0.2) is 9.37 Å². The fourth-order valence-corrected chi connectivity index (χ4v) is 3.64. The van der Waals surface area contributed by atoms with Gasteiger partial charge in [-0.1, -0.05) is 47.7 Å². The van der Waals surface area contributed by atoms with Gasteiger partial charge in [-0.05, 0) is 24.6 Å². The summed E-state index contributed by atoms with van der Waals surface area (Å²) in [7, 11) is 0. The van der Waals surface area contributed by atoms with E-state index >= 15 is 0 Å². The highest BCUT2D eigenvalue weighted by Gasteiger charge is 2.16. The van der Waals surface area contributed by atoms with Crippen LogP contribution in [0.5, 0.6) is 0 Å². The van der Waals surface area contributed by atoms with Crippen molar-refractivity contribution in [1.29, 1.82) is 0 Å². The molecule has 0 atom stereocenters. The minimum atomic E-state index is -0.372. The van der Waals surface area contributed by atoms with Gasteiger partial charge in [0.05, 0.1) is 16.8 Å². The van der Waals surface area contributed by atoms with Crippen molar-refractivity contribution < 1.29 is 9.18 Å². The molecule has 1 N–H and O–H groups in total. The molecule has 0 fully saturated rings. The van der Waals surface area contributed by atoms with E-state index in [9.17, 15) is 9.18 Å². The van der Waals surface area contributed by atoms with Gasteiger partial charge in [0.25, 0.3) is 0 Å². The minimum Gasteiger partial charge on any atom is -0.310 e. The summed E-state index contributed by atoms with van der Waals surface area (Å²) in [5.74, 6) is -0.00363. The third kappa shape index (κ3) is 3.21. The molecule has 0 aliphatic rings. The first kappa shape index (κ1) is 16.4. The zero-order valence-electron chi connectivity index (χ0n) is 13.9. The van der Waals surface area contributed by atoms with E-state index in [2.05, 4.69) is 15.4 Å². The van der Waals surface area contributed by atoms with Crippen LogP contribution in [-0.4, -0.2) is 20.7 Å². The third-order valence-corrected chi connectivity index (χ3v) is 4.84. The van der Waals surface area contributed by atoms with Gasteiger partial charge < -0.3 is 5.32 Å². The normalized spacial score (nSPS) is 11.0. The maximum absolute atomic E-state index is 13.9. The Bertz CT molecular complexity index is 1090. The van der Waals surface area contributed by atoms with Crippen LogP contribution in [0.15, 0.2) is 54.6 Å². The SMILES string of the molecule is Cc1cc(NC(=O)Cc2ccccc2)n(-c2nc3c(F)cccc3s2)n1. The molecule has 2 heterocycles. The van der Waals surface area contributed by atoms with Crippen molar-refractivity contribution in [3.63, 3.8) is 0 Å². The van der Waals surface area contributed by atoms with Crippen LogP contribution >= 0.6 is 11.3 Å². The molecule has 0 saturated carbocycles. The van der Waals surface area contributed by atoms with Crippen LogP contribution in [0.4, 0.5) is 10.2 Å². The van der Waals surface area contributed by atoms with E-state index in [-0.39, 0.29) is 18.1 Å². The Morgan fingerprint density at radius 1 is 1.19 bits per heavy atom. The summed E-state index contributed by atoms with van der Waals surface area (Å²) in [5.41, 5.74) is 1.97. The summed E-state index contributed by atoms with van der Waals surface area (Å²) in [4.78, 5) is 16.7. The van der Waals surface area contributed by atoms with Gasteiger partial charge in [-0.3, -0.25) is 4.79 Å². The van der Waals surface area contributed by atoms with Crippen LogP contribution in [0, 0.1) is 12.7 Å². The second-order valence-corrected chi connectivity index (χ2v) is 6.89. The number of hydrogen-bond donors (Lipinski definition) is 1. The molecule has 4 aromatic rings. The molecule has 1 amide bonds. The number of carbonyl (C=O) groups excluding carboxylic acids is 1. The van der Waals surface area contributed by atoms with Gasteiger partial charge in [0.15, 0.2) is 0 Å². The number of rotatable bonds is 4. The summed E-state index contributed by atoms with van der Waals surface area (Å²) in [6.45, 7) is 1.83. The van der Waals surface area contributed by atoms with E-state index in [4.69, 9.17) is 0 Å². The molecule has 26 heavy (non-hydrogen) atoms. The van der Waals surface area contributed by atoms with E-state index in [1.54, 1.807) is 16.8 Å². The van der Waals surface area contributed by atoms with Gasteiger partial charge in [0, 0.05) is 6.07 Å². The molecule has 0 aliphatic carbocycles. The second-order valence-electron chi connectivity index (χ2n) is 5.88. The van der Waals surface area contributed by atoms with Gasteiger partial charge in [-0.2, -0.15) is 9.78 Å². The van der Waals surface area contributed by atoms with Gasteiger partial charge in [0.2, 0.25) is 11.0 Å². The number of benzene rings is 2. The average Bonchev–Trinajstić information content (AvgIpc) is 3.20. The first-order valence-corrected chi connectivity index (χ1v) is 8.88. The Hall–Kier alpha value is -3.06. The minimum absolute atomic E-state index is 0.148. The first-order valence-electron chi connectivity index (χ1n) is 8.06. The Labute approximate surface area is 153 Å². The largest absolute Gasteiger partial charge is 0.310 e. The number of aromatic nitrogens is 3. The van der Waals surface area contributed by atoms with Gasteiger partial charge >= 0.3 is 0 Å². The molecule has 2 aromatic carbocycles. The third-order valence-electron chi connectivity index (χ3n) is 3.85.